The summed E-state index contributed by atoms with van der Waals surface area (Å²) in [6.07, 6.45) is 2.73. The van der Waals surface area contributed by atoms with Crippen molar-refractivity contribution < 1.29 is 0 Å². The number of rotatable bonds is 3. The Hall–Kier alpha value is -0.860. The summed E-state index contributed by atoms with van der Waals surface area (Å²) in [5.41, 5.74) is 1.46. The van der Waals surface area contributed by atoms with Gasteiger partial charge in [-0.3, -0.25) is 0 Å². The highest BCUT2D eigenvalue weighted by molar-refractivity contribution is 7.19. The lowest BCUT2D eigenvalue weighted by molar-refractivity contribution is 0.693. The molecule has 1 heterocycles. The molecular weight excluding hydrogens is 202 g/mol. The first-order chi connectivity index (χ1) is 7.34. The second kappa shape index (κ2) is 3.62. The average Bonchev–Trinajstić information content (AvgIpc) is 3.03. The highest BCUT2D eigenvalue weighted by Crippen LogP contribution is 2.31. The molecule has 15 heavy (non-hydrogen) atoms. The molecule has 1 aromatic carbocycles. The fraction of sp³-hybridized carbons (Fsp3) is 0.385. The third-order valence-electron chi connectivity index (χ3n) is 3.07. The van der Waals surface area contributed by atoms with Crippen LogP contribution >= 0.6 is 11.3 Å². The highest BCUT2D eigenvalue weighted by atomic mass is 32.1. The second-order valence-corrected chi connectivity index (χ2v) is 5.44. The van der Waals surface area contributed by atoms with E-state index < -0.39 is 0 Å². The van der Waals surface area contributed by atoms with Gasteiger partial charge in [-0.2, -0.15) is 0 Å². The fourth-order valence-electron chi connectivity index (χ4n) is 1.92. The van der Waals surface area contributed by atoms with Crippen molar-refractivity contribution in [3.63, 3.8) is 0 Å². The molecule has 0 spiro atoms. The van der Waals surface area contributed by atoms with E-state index in [0.29, 0.717) is 0 Å². The smallest absolute Gasteiger partial charge is 0.0348 e. The SMILES string of the molecule is Cc1c(CNC2CC2)sc2ccccc12. The van der Waals surface area contributed by atoms with Gasteiger partial charge in [0.2, 0.25) is 0 Å². The number of thiophene rings is 1. The molecule has 78 valence electrons. The molecule has 0 unspecified atom stereocenters. The third-order valence-corrected chi connectivity index (χ3v) is 4.34. The summed E-state index contributed by atoms with van der Waals surface area (Å²) in [5.74, 6) is 0. The van der Waals surface area contributed by atoms with Crippen molar-refractivity contribution in [2.75, 3.05) is 0 Å². The number of benzene rings is 1. The van der Waals surface area contributed by atoms with Crippen LogP contribution in [0.2, 0.25) is 0 Å². The molecule has 0 bridgehead atoms. The fourth-order valence-corrected chi connectivity index (χ4v) is 3.08. The Kier molecular flexibility index (Phi) is 2.26. The van der Waals surface area contributed by atoms with Gasteiger partial charge in [-0.25, -0.2) is 0 Å². The molecule has 1 aliphatic carbocycles. The van der Waals surface area contributed by atoms with Crippen molar-refractivity contribution in [2.45, 2.75) is 32.4 Å². The van der Waals surface area contributed by atoms with Gasteiger partial charge in [-0.1, -0.05) is 18.2 Å². The van der Waals surface area contributed by atoms with E-state index in [0.717, 1.165) is 12.6 Å². The van der Waals surface area contributed by atoms with Crippen LogP contribution in [0.3, 0.4) is 0 Å². The van der Waals surface area contributed by atoms with Gasteiger partial charge in [0.15, 0.2) is 0 Å². The second-order valence-electron chi connectivity index (χ2n) is 4.30. The first-order valence-corrected chi connectivity index (χ1v) is 6.36. The number of hydrogen-bond acceptors (Lipinski definition) is 2. The summed E-state index contributed by atoms with van der Waals surface area (Å²) in [4.78, 5) is 1.50. The number of hydrogen-bond donors (Lipinski definition) is 1. The van der Waals surface area contributed by atoms with E-state index in [1.807, 2.05) is 11.3 Å². The van der Waals surface area contributed by atoms with Gasteiger partial charge in [0.05, 0.1) is 0 Å². The van der Waals surface area contributed by atoms with E-state index in [9.17, 15) is 0 Å². The molecule has 0 saturated heterocycles. The molecule has 1 fully saturated rings. The molecule has 1 saturated carbocycles. The standard InChI is InChI=1S/C13H15NS/c1-9-11-4-2-3-5-12(11)15-13(9)8-14-10-6-7-10/h2-5,10,14H,6-8H2,1H3. The van der Waals surface area contributed by atoms with Gasteiger partial charge in [0.1, 0.15) is 0 Å². The Morgan fingerprint density at radius 1 is 1.33 bits per heavy atom. The van der Waals surface area contributed by atoms with Crippen LogP contribution in [0.1, 0.15) is 23.3 Å². The number of fused-ring (bicyclic) bond motifs is 1. The van der Waals surface area contributed by atoms with Gasteiger partial charge < -0.3 is 5.32 Å². The number of aryl methyl sites for hydroxylation is 1. The molecule has 0 radical (unpaired) electrons. The van der Waals surface area contributed by atoms with E-state index in [1.165, 1.54) is 33.4 Å². The molecule has 2 aromatic rings. The van der Waals surface area contributed by atoms with Gasteiger partial charge in [-0.05, 0) is 36.8 Å². The molecule has 2 heteroatoms. The van der Waals surface area contributed by atoms with Gasteiger partial charge >= 0.3 is 0 Å². The molecule has 0 atom stereocenters. The van der Waals surface area contributed by atoms with Crippen molar-refractivity contribution in [1.82, 2.24) is 5.32 Å². The summed E-state index contributed by atoms with van der Waals surface area (Å²) in [7, 11) is 0. The molecule has 0 aliphatic heterocycles. The zero-order valence-electron chi connectivity index (χ0n) is 8.92. The lowest BCUT2D eigenvalue weighted by Crippen LogP contribution is -2.14. The molecule has 1 nitrogen and oxygen atoms in total. The maximum Gasteiger partial charge on any atom is 0.0348 e. The highest BCUT2D eigenvalue weighted by Gasteiger charge is 2.20. The maximum absolute atomic E-state index is 3.59. The van der Waals surface area contributed by atoms with Crippen molar-refractivity contribution in [1.29, 1.82) is 0 Å². The normalized spacial score (nSPS) is 16.1. The van der Waals surface area contributed by atoms with E-state index >= 15 is 0 Å². The molecule has 1 N–H and O–H groups in total. The molecule has 3 rings (SSSR count). The van der Waals surface area contributed by atoms with Crippen LogP contribution in [-0.4, -0.2) is 6.04 Å². The summed E-state index contributed by atoms with van der Waals surface area (Å²) in [6.45, 7) is 3.29. The van der Waals surface area contributed by atoms with Gasteiger partial charge in [-0.15, -0.1) is 11.3 Å². The van der Waals surface area contributed by atoms with Crippen LogP contribution in [0.25, 0.3) is 10.1 Å². The van der Waals surface area contributed by atoms with Crippen molar-refractivity contribution in [3.05, 3.63) is 34.7 Å². The Morgan fingerprint density at radius 3 is 2.87 bits per heavy atom. The van der Waals surface area contributed by atoms with Crippen LogP contribution in [0.5, 0.6) is 0 Å². The summed E-state index contributed by atoms with van der Waals surface area (Å²) >= 11 is 1.93. The van der Waals surface area contributed by atoms with Crippen molar-refractivity contribution in [3.8, 4) is 0 Å². The average molecular weight is 217 g/mol. The monoisotopic (exact) mass is 217 g/mol. The molecular formula is C13H15NS. The van der Waals surface area contributed by atoms with E-state index in [4.69, 9.17) is 0 Å². The predicted molar refractivity (Wildman–Crippen MR) is 66.4 cm³/mol. The zero-order chi connectivity index (χ0) is 10.3. The van der Waals surface area contributed by atoms with Crippen LogP contribution in [0.4, 0.5) is 0 Å². The maximum atomic E-state index is 3.59. The quantitative estimate of drug-likeness (QED) is 0.830. The first-order valence-electron chi connectivity index (χ1n) is 5.55. The Balaban J connectivity index is 1.92. The first kappa shape index (κ1) is 9.37. The summed E-state index contributed by atoms with van der Waals surface area (Å²) in [5, 5.41) is 5.01. The summed E-state index contributed by atoms with van der Waals surface area (Å²) < 4.78 is 1.42. The molecule has 1 aliphatic rings. The van der Waals surface area contributed by atoms with Crippen LogP contribution in [-0.2, 0) is 6.54 Å². The Labute approximate surface area is 94.1 Å². The minimum atomic E-state index is 0.801. The largest absolute Gasteiger partial charge is 0.309 e. The lowest BCUT2D eigenvalue weighted by Gasteiger charge is -2.00. The Bertz CT molecular complexity index is 482. The zero-order valence-corrected chi connectivity index (χ0v) is 9.73. The topological polar surface area (TPSA) is 12.0 Å². The van der Waals surface area contributed by atoms with Crippen LogP contribution < -0.4 is 5.32 Å². The van der Waals surface area contributed by atoms with E-state index in [1.54, 1.807) is 0 Å². The minimum Gasteiger partial charge on any atom is -0.309 e. The van der Waals surface area contributed by atoms with E-state index in [-0.39, 0.29) is 0 Å². The predicted octanol–water partition coefficient (Wildman–Crippen LogP) is 3.46. The van der Waals surface area contributed by atoms with Crippen molar-refractivity contribution >= 4 is 21.4 Å². The molecule has 0 amide bonds. The molecule has 1 aromatic heterocycles. The van der Waals surface area contributed by atoms with Crippen LogP contribution in [0.15, 0.2) is 24.3 Å². The van der Waals surface area contributed by atoms with Gasteiger partial charge in [0, 0.05) is 22.2 Å². The third kappa shape index (κ3) is 1.80. The van der Waals surface area contributed by atoms with Gasteiger partial charge in [0.25, 0.3) is 0 Å². The van der Waals surface area contributed by atoms with Crippen LogP contribution in [0, 0.1) is 6.92 Å². The Morgan fingerprint density at radius 2 is 2.13 bits per heavy atom. The number of nitrogens with one attached hydrogen (secondary N) is 1. The minimum absolute atomic E-state index is 0.801. The van der Waals surface area contributed by atoms with Crippen molar-refractivity contribution in [2.24, 2.45) is 0 Å². The lowest BCUT2D eigenvalue weighted by atomic mass is 10.1. The van der Waals surface area contributed by atoms with E-state index in [2.05, 4.69) is 36.5 Å². The summed E-state index contributed by atoms with van der Waals surface area (Å²) in [6, 6.07) is 9.49.